The van der Waals surface area contributed by atoms with E-state index in [1.54, 1.807) is 11.0 Å². The highest BCUT2D eigenvalue weighted by Crippen LogP contribution is 2.16. The minimum Gasteiger partial charge on any atom is -0.342 e. The summed E-state index contributed by atoms with van der Waals surface area (Å²) in [5.74, 6) is -0.365. The van der Waals surface area contributed by atoms with Crippen LogP contribution in [0.15, 0.2) is 36.4 Å². The zero-order valence-electron chi connectivity index (χ0n) is 17.4. The molecule has 1 saturated heterocycles. The predicted molar refractivity (Wildman–Crippen MR) is 119 cm³/mol. The van der Waals surface area contributed by atoms with Gasteiger partial charge in [0.1, 0.15) is 0 Å². The first kappa shape index (κ1) is 22.0. The highest BCUT2D eigenvalue weighted by atomic mass is 32.1. The third-order valence-electron chi connectivity index (χ3n) is 5.13. The van der Waals surface area contributed by atoms with Gasteiger partial charge in [0.05, 0.1) is 18.0 Å². The second kappa shape index (κ2) is 10.4. The third-order valence-corrected chi connectivity index (χ3v) is 6.13. The van der Waals surface area contributed by atoms with E-state index in [9.17, 15) is 14.4 Å². The lowest BCUT2D eigenvalue weighted by molar-refractivity contribution is -0.132. The van der Waals surface area contributed by atoms with Crippen molar-refractivity contribution < 1.29 is 14.4 Å². The van der Waals surface area contributed by atoms with Crippen LogP contribution in [0.25, 0.3) is 0 Å². The number of carbonyl (C=O) groups excluding carboxylic acids is 3. The van der Waals surface area contributed by atoms with E-state index in [0.29, 0.717) is 37.6 Å². The van der Waals surface area contributed by atoms with Crippen LogP contribution in [0.2, 0.25) is 0 Å². The van der Waals surface area contributed by atoms with Gasteiger partial charge in [-0.05, 0) is 37.1 Å². The molecule has 1 aromatic carbocycles. The van der Waals surface area contributed by atoms with Gasteiger partial charge in [-0.2, -0.15) is 0 Å². The first-order valence-electron chi connectivity index (χ1n) is 10.2. The van der Waals surface area contributed by atoms with Gasteiger partial charge in [0.2, 0.25) is 11.8 Å². The minimum absolute atomic E-state index is 0.00985. The molecule has 0 bridgehead atoms. The van der Waals surface area contributed by atoms with Gasteiger partial charge >= 0.3 is 0 Å². The van der Waals surface area contributed by atoms with Gasteiger partial charge in [-0.15, -0.1) is 11.3 Å². The molecule has 7 nitrogen and oxygen atoms in total. The number of nitrogens with zero attached hydrogens (tertiary/aromatic N) is 2. The smallest absolute Gasteiger partial charge is 0.261 e. The Bertz CT molecular complexity index is 903. The molecule has 0 atom stereocenters. The summed E-state index contributed by atoms with van der Waals surface area (Å²) >= 11 is 1.41. The predicted octanol–water partition coefficient (Wildman–Crippen LogP) is 2.13. The maximum Gasteiger partial charge on any atom is 0.261 e. The van der Waals surface area contributed by atoms with Crippen LogP contribution >= 0.6 is 11.3 Å². The number of thiophene rings is 1. The number of para-hydroxylation sites is 1. The van der Waals surface area contributed by atoms with Crippen LogP contribution in [0.5, 0.6) is 0 Å². The zero-order valence-corrected chi connectivity index (χ0v) is 18.3. The molecule has 0 saturated carbocycles. The molecule has 1 aliphatic rings. The summed E-state index contributed by atoms with van der Waals surface area (Å²) in [6, 6.07) is 11.5. The zero-order chi connectivity index (χ0) is 21.5. The topological polar surface area (TPSA) is 81.8 Å². The van der Waals surface area contributed by atoms with Crippen LogP contribution in [0.3, 0.4) is 0 Å². The molecule has 0 radical (unpaired) electrons. The highest BCUT2D eigenvalue weighted by molar-refractivity contribution is 7.13. The summed E-state index contributed by atoms with van der Waals surface area (Å²) in [5, 5.41) is 5.68. The van der Waals surface area contributed by atoms with Gasteiger partial charge in [0.15, 0.2) is 0 Å². The van der Waals surface area contributed by atoms with E-state index in [-0.39, 0.29) is 24.3 Å². The van der Waals surface area contributed by atoms with Crippen LogP contribution in [0.1, 0.15) is 27.0 Å². The Balaban J connectivity index is 1.40. The number of hydrogen-bond donors (Lipinski definition) is 2. The van der Waals surface area contributed by atoms with E-state index in [1.807, 2.05) is 42.2 Å². The van der Waals surface area contributed by atoms with Gasteiger partial charge in [0, 0.05) is 36.7 Å². The monoisotopic (exact) mass is 428 g/mol. The standard InChI is InChI=1S/C22H28N4O3S/c1-3-17-6-4-5-7-18(17)24-20(27)15-25-10-12-26(13-11-25)21(28)14-23-22(29)19-9-8-16(2)30-19/h4-9H,3,10-15H2,1-2H3,(H,23,29)(H,24,27). The van der Waals surface area contributed by atoms with Crippen molar-refractivity contribution in [3.63, 3.8) is 0 Å². The summed E-state index contributed by atoms with van der Waals surface area (Å²) in [6.45, 7) is 6.65. The quantitative estimate of drug-likeness (QED) is 0.708. The van der Waals surface area contributed by atoms with Crippen molar-refractivity contribution in [3.05, 3.63) is 51.7 Å². The lowest BCUT2D eigenvalue weighted by Crippen LogP contribution is -2.52. The molecule has 8 heteroatoms. The van der Waals surface area contributed by atoms with Crippen LogP contribution < -0.4 is 10.6 Å². The first-order chi connectivity index (χ1) is 14.5. The minimum atomic E-state index is -0.218. The Hall–Kier alpha value is -2.71. The van der Waals surface area contributed by atoms with Gasteiger partial charge in [-0.1, -0.05) is 25.1 Å². The molecule has 1 aromatic heterocycles. The van der Waals surface area contributed by atoms with E-state index in [1.165, 1.54) is 11.3 Å². The van der Waals surface area contributed by atoms with Crippen molar-refractivity contribution in [2.45, 2.75) is 20.3 Å². The Morgan fingerprint density at radius 2 is 1.77 bits per heavy atom. The van der Waals surface area contributed by atoms with Gasteiger partial charge in [-0.25, -0.2) is 0 Å². The molecule has 1 fully saturated rings. The Labute approximate surface area is 181 Å². The Morgan fingerprint density at radius 1 is 1.03 bits per heavy atom. The molecule has 0 aliphatic carbocycles. The van der Waals surface area contributed by atoms with Crippen molar-refractivity contribution >= 4 is 34.7 Å². The average molecular weight is 429 g/mol. The summed E-state index contributed by atoms with van der Waals surface area (Å²) in [5.41, 5.74) is 1.97. The molecule has 1 aliphatic heterocycles. The van der Waals surface area contributed by atoms with Gasteiger partial charge in [0.25, 0.3) is 5.91 Å². The largest absolute Gasteiger partial charge is 0.342 e. The molecular weight excluding hydrogens is 400 g/mol. The Kier molecular flexibility index (Phi) is 7.59. The molecule has 0 spiro atoms. The SMILES string of the molecule is CCc1ccccc1NC(=O)CN1CCN(C(=O)CNC(=O)c2ccc(C)s2)CC1. The fourth-order valence-electron chi connectivity index (χ4n) is 3.41. The number of aryl methyl sites for hydroxylation is 2. The average Bonchev–Trinajstić information content (AvgIpc) is 3.19. The molecule has 2 heterocycles. The number of amides is 3. The molecule has 160 valence electrons. The molecule has 30 heavy (non-hydrogen) atoms. The fraction of sp³-hybridized carbons (Fsp3) is 0.409. The highest BCUT2D eigenvalue weighted by Gasteiger charge is 2.23. The van der Waals surface area contributed by atoms with Crippen molar-refractivity contribution in [1.82, 2.24) is 15.1 Å². The van der Waals surface area contributed by atoms with Gasteiger partial charge in [-0.3, -0.25) is 19.3 Å². The van der Waals surface area contributed by atoms with E-state index < -0.39 is 0 Å². The van der Waals surface area contributed by atoms with Crippen molar-refractivity contribution in [2.24, 2.45) is 0 Å². The molecule has 2 N–H and O–H groups in total. The first-order valence-corrected chi connectivity index (χ1v) is 11.0. The number of hydrogen-bond acceptors (Lipinski definition) is 5. The molecule has 0 unspecified atom stereocenters. The van der Waals surface area contributed by atoms with E-state index in [0.717, 1.165) is 22.5 Å². The maximum atomic E-state index is 12.4. The molecule has 3 amide bonds. The van der Waals surface area contributed by atoms with Crippen molar-refractivity contribution in [1.29, 1.82) is 0 Å². The summed E-state index contributed by atoms with van der Waals surface area (Å²) in [7, 11) is 0. The maximum absolute atomic E-state index is 12.4. The number of anilines is 1. The molecule has 3 rings (SSSR count). The number of carbonyl (C=O) groups is 3. The number of benzene rings is 1. The number of piperazine rings is 1. The van der Waals surface area contributed by atoms with Crippen molar-refractivity contribution in [3.8, 4) is 0 Å². The normalized spacial score (nSPS) is 14.4. The second-order valence-electron chi connectivity index (χ2n) is 7.31. The summed E-state index contributed by atoms with van der Waals surface area (Å²) in [6.07, 6.45) is 0.861. The lowest BCUT2D eigenvalue weighted by Gasteiger charge is -2.34. The van der Waals surface area contributed by atoms with Crippen LogP contribution in [-0.2, 0) is 16.0 Å². The fourth-order valence-corrected chi connectivity index (χ4v) is 4.19. The second-order valence-corrected chi connectivity index (χ2v) is 8.60. The van der Waals surface area contributed by atoms with E-state index >= 15 is 0 Å². The molecule has 2 aromatic rings. The van der Waals surface area contributed by atoms with Crippen LogP contribution in [0, 0.1) is 6.92 Å². The van der Waals surface area contributed by atoms with E-state index in [2.05, 4.69) is 17.6 Å². The summed E-state index contributed by atoms with van der Waals surface area (Å²) < 4.78 is 0. The number of nitrogens with one attached hydrogen (secondary N) is 2. The summed E-state index contributed by atoms with van der Waals surface area (Å²) in [4.78, 5) is 42.3. The van der Waals surface area contributed by atoms with Crippen LogP contribution in [0.4, 0.5) is 5.69 Å². The van der Waals surface area contributed by atoms with Crippen LogP contribution in [-0.4, -0.2) is 66.8 Å². The Morgan fingerprint density at radius 3 is 2.43 bits per heavy atom. The lowest BCUT2D eigenvalue weighted by atomic mass is 10.1. The number of rotatable bonds is 7. The van der Waals surface area contributed by atoms with Crippen molar-refractivity contribution in [2.75, 3.05) is 44.6 Å². The third kappa shape index (κ3) is 5.90. The van der Waals surface area contributed by atoms with Gasteiger partial charge < -0.3 is 15.5 Å². The van der Waals surface area contributed by atoms with E-state index in [4.69, 9.17) is 0 Å². The molecular formula is C22H28N4O3S.